The van der Waals surface area contributed by atoms with Crippen LogP contribution in [0.3, 0.4) is 0 Å². The molecule has 5 rings (SSSR count). The Morgan fingerprint density at radius 1 is 1.15 bits per heavy atom. The lowest BCUT2D eigenvalue weighted by Crippen LogP contribution is -2.25. The van der Waals surface area contributed by atoms with Gasteiger partial charge in [0.05, 0.1) is 23.1 Å². The van der Waals surface area contributed by atoms with E-state index in [0.29, 0.717) is 18.8 Å². The van der Waals surface area contributed by atoms with Gasteiger partial charge in [0.15, 0.2) is 0 Å². The van der Waals surface area contributed by atoms with E-state index in [9.17, 15) is 4.79 Å². The number of nitrogens with one attached hydrogen (secondary N) is 2. The number of benzene rings is 2. The van der Waals surface area contributed by atoms with Crippen LogP contribution in [0.4, 0.5) is 5.82 Å². The molecule has 1 atom stereocenters. The van der Waals surface area contributed by atoms with E-state index >= 15 is 0 Å². The first-order valence-corrected chi connectivity index (χ1v) is 9.03. The Balaban J connectivity index is 1.66. The Kier molecular flexibility index (Phi) is 3.57. The molecule has 134 valence electrons. The van der Waals surface area contributed by atoms with Crippen LogP contribution in [-0.2, 0) is 11.3 Å². The molecule has 0 radical (unpaired) electrons. The first-order valence-electron chi connectivity index (χ1n) is 9.03. The van der Waals surface area contributed by atoms with Gasteiger partial charge >= 0.3 is 0 Å². The lowest BCUT2D eigenvalue weighted by molar-refractivity contribution is -0.116. The highest BCUT2D eigenvalue weighted by Gasteiger charge is 2.32. The molecule has 1 aliphatic heterocycles. The summed E-state index contributed by atoms with van der Waals surface area (Å²) in [5.74, 6) is 1.43. The van der Waals surface area contributed by atoms with E-state index in [1.165, 1.54) is 11.1 Å². The van der Waals surface area contributed by atoms with E-state index in [0.717, 1.165) is 22.4 Å². The van der Waals surface area contributed by atoms with Gasteiger partial charge in [0, 0.05) is 18.5 Å². The maximum atomic E-state index is 12.2. The highest BCUT2D eigenvalue weighted by Crippen LogP contribution is 2.36. The number of carbonyl (C=O) groups is 1. The minimum atomic E-state index is -0.120. The second-order valence-corrected chi connectivity index (χ2v) is 7.04. The summed E-state index contributed by atoms with van der Waals surface area (Å²) in [5, 5.41) is 9.85. The van der Waals surface area contributed by atoms with Crippen molar-refractivity contribution in [3.63, 3.8) is 0 Å². The molecule has 1 unspecified atom stereocenters. The Bertz CT molecular complexity index is 1140. The Hall–Kier alpha value is -3.41. The molecule has 2 N–H and O–H groups in total. The smallest absolute Gasteiger partial charge is 0.226 e. The summed E-state index contributed by atoms with van der Waals surface area (Å²) in [6, 6.07) is 16.6. The summed E-state index contributed by atoms with van der Waals surface area (Å²) in [4.78, 5) is 17.1. The van der Waals surface area contributed by atoms with Crippen LogP contribution in [0.5, 0.6) is 0 Å². The molecule has 0 fully saturated rings. The van der Waals surface area contributed by atoms with Gasteiger partial charge in [0.2, 0.25) is 5.91 Å². The van der Waals surface area contributed by atoms with Crippen LogP contribution in [0.1, 0.15) is 34.9 Å². The lowest BCUT2D eigenvalue weighted by atomic mass is 9.93. The van der Waals surface area contributed by atoms with Crippen LogP contribution in [-0.4, -0.2) is 25.7 Å². The Morgan fingerprint density at radius 2 is 1.96 bits per heavy atom. The summed E-state index contributed by atoms with van der Waals surface area (Å²) in [6.07, 6.45) is 2.15. The number of amides is 1. The molecular formula is C21H19N5O. The van der Waals surface area contributed by atoms with Crippen LogP contribution in [0.15, 0.2) is 54.7 Å². The van der Waals surface area contributed by atoms with Gasteiger partial charge in [0.25, 0.3) is 0 Å². The topological polar surface area (TPSA) is 75.6 Å². The van der Waals surface area contributed by atoms with Crippen LogP contribution < -0.4 is 5.32 Å². The van der Waals surface area contributed by atoms with Crippen LogP contribution in [0.25, 0.3) is 11.0 Å². The zero-order chi connectivity index (χ0) is 18.4. The number of para-hydroxylation sites is 2. The van der Waals surface area contributed by atoms with Gasteiger partial charge in [0.1, 0.15) is 11.6 Å². The number of hydrogen-bond acceptors (Lipinski definition) is 3. The van der Waals surface area contributed by atoms with Gasteiger partial charge in [-0.15, -0.1) is 0 Å². The summed E-state index contributed by atoms with van der Waals surface area (Å²) < 4.78 is 2.22. The number of carbonyl (C=O) groups excluding carboxylic acids is 1. The molecule has 0 aliphatic carbocycles. The zero-order valence-corrected chi connectivity index (χ0v) is 14.9. The van der Waals surface area contributed by atoms with Gasteiger partial charge in [-0.2, -0.15) is 5.10 Å². The van der Waals surface area contributed by atoms with Gasteiger partial charge in [-0.3, -0.25) is 9.89 Å². The SMILES string of the molecule is Cc1ccc(Cn2c(C3CC(=O)Nc4[nH]ncc43)nc3ccccc32)cc1. The average Bonchev–Trinajstić information content (AvgIpc) is 3.28. The maximum absolute atomic E-state index is 12.2. The van der Waals surface area contributed by atoms with Gasteiger partial charge in [-0.25, -0.2) is 4.98 Å². The van der Waals surface area contributed by atoms with Gasteiger partial charge in [-0.1, -0.05) is 42.0 Å². The maximum Gasteiger partial charge on any atom is 0.226 e. The number of aromatic amines is 1. The fourth-order valence-corrected chi connectivity index (χ4v) is 3.78. The van der Waals surface area contributed by atoms with Gasteiger partial charge < -0.3 is 9.88 Å². The summed E-state index contributed by atoms with van der Waals surface area (Å²) >= 11 is 0. The molecule has 3 heterocycles. The normalized spacial score (nSPS) is 16.3. The average molecular weight is 357 g/mol. The molecule has 6 heteroatoms. The van der Waals surface area contributed by atoms with Crippen LogP contribution in [0, 0.1) is 6.92 Å². The predicted molar refractivity (Wildman–Crippen MR) is 104 cm³/mol. The first kappa shape index (κ1) is 15.8. The Morgan fingerprint density at radius 3 is 2.81 bits per heavy atom. The Labute approximate surface area is 156 Å². The number of rotatable bonds is 3. The molecule has 2 aromatic heterocycles. The number of anilines is 1. The lowest BCUT2D eigenvalue weighted by Gasteiger charge is -2.22. The second kappa shape index (κ2) is 6.09. The largest absolute Gasteiger partial charge is 0.323 e. The summed E-state index contributed by atoms with van der Waals surface area (Å²) in [7, 11) is 0. The fourth-order valence-electron chi connectivity index (χ4n) is 3.78. The van der Waals surface area contributed by atoms with Crippen molar-refractivity contribution in [2.24, 2.45) is 0 Å². The molecule has 4 aromatic rings. The number of aromatic nitrogens is 4. The monoisotopic (exact) mass is 357 g/mol. The highest BCUT2D eigenvalue weighted by atomic mass is 16.1. The molecule has 0 saturated carbocycles. The van der Waals surface area contributed by atoms with Crippen molar-refractivity contribution in [3.05, 3.63) is 77.2 Å². The molecule has 6 nitrogen and oxygen atoms in total. The summed E-state index contributed by atoms with van der Waals surface area (Å²) in [5.41, 5.74) is 5.44. The van der Waals surface area contributed by atoms with E-state index < -0.39 is 0 Å². The minimum absolute atomic E-state index is 0.0225. The van der Waals surface area contributed by atoms with Crippen molar-refractivity contribution in [1.29, 1.82) is 0 Å². The van der Waals surface area contributed by atoms with E-state index in [1.54, 1.807) is 6.20 Å². The number of aryl methyl sites for hydroxylation is 1. The van der Waals surface area contributed by atoms with Crippen molar-refractivity contribution in [2.45, 2.75) is 25.8 Å². The molecule has 27 heavy (non-hydrogen) atoms. The quantitative estimate of drug-likeness (QED) is 0.588. The van der Waals surface area contributed by atoms with Crippen LogP contribution >= 0.6 is 0 Å². The fraction of sp³-hybridized carbons (Fsp3) is 0.190. The van der Waals surface area contributed by atoms with Gasteiger partial charge in [-0.05, 0) is 24.6 Å². The number of hydrogen-bond donors (Lipinski definition) is 2. The van der Waals surface area contributed by atoms with Crippen molar-refractivity contribution in [2.75, 3.05) is 5.32 Å². The van der Waals surface area contributed by atoms with E-state index in [4.69, 9.17) is 4.98 Å². The molecule has 1 aliphatic rings. The van der Waals surface area contributed by atoms with Crippen molar-refractivity contribution >= 4 is 22.8 Å². The third kappa shape index (κ3) is 2.70. The second-order valence-electron chi connectivity index (χ2n) is 7.04. The number of nitrogens with zero attached hydrogens (tertiary/aromatic N) is 3. The molecule has 0 saturated heterocycles. The molecular weight excluding hydrogens is 338 g/mol. The molecule has 0 spiro atoms. The third-order valence-corrected chi connectivity index (χ3v) is 5.16. The van der Waals surface area contributed by atoms with Crippen molar-refractivity contribution < 1.29 is 4.79 Å². The predicted octanol–water partition coefficient (Wildman–Crippen LogP) is 3.59. The number of H-pyrrole nitrogens is 1. The van der Waals surface area contributed by atoms with E-state index in [-0.39, 0.29) is 11.8 Å². The van der Waals surface area contributed by atoms with Crippen molar-refractivity contribution in [3.8, 4) is 0 Å². The highest BCUT2D eigenvalue weighted by molar-refractivity contribution is 5.94. The minimum Gasteiger partial charge on any atom is -0.323 e. The van der Waals surface area contributed by atoms with E-state index in [2.05, 4.69) is 57.3 Å². The molecule has 1 amide bonds. The zero-order valence-electron chi connectivity index (χ0n) is 14.9. The summed E-state index contributed by atoms with van der Waals surface area (Å²) in [6.45, 7) is 2.80. The van der Waals surface area contributed by atoms with Crippen LogP contribution in [0.2, 0.25) is 0 Å². The van der Waals surface area contributed by atoms with Crippen molar-refractivity contribution in [1.82, 2.24) is 19.7 Å². The number of imidazole rings is 1. The number of fused-ring (bicyclic) bond motifs is 2. The molecule has 0 bridgehead atoms. The third-order valence-electron chi connectivity index (χ3n) is 5.16. The first-order chi connectivity index (χ1) is 13.2. The standard InChI is InChI=1S/C21H19N5O/c1-13-6-8-14(9-7-13)12-26-18-5-3-2-4-17(18)23-21(26)15-10-19(27)24-20-16(15)11-22-25-20/h2-9,11,15H,10,12H2,1H3,(H2,22,24,25,27). The molecule has 2 aromatic carbocycles. The van der Waals surface area contributed by atoms with E-state index in [1.807, 2.05) is 18.2 Å².